The second-order valence-corrected chi connectivity index (χ2v) is 31.7. The van der Waals surface area contributed by atoms with Gasteiger partial charge in [0.15, 0.2) is 12.2 Å². The van der Waals surface area contributed by atoms with Gasteiger partial charge in [0.2, 0.25) is 0 Å². The van der Waals surface area contributed by atoms with Crippen molar-refractivity contribution in [2.45, 2.75) is 407 Å². The molecular formula is C76H148O17P2. The molecule has 3 N–H and O–H groups in total. The van der Waals surface area contributed by atoms with Gasteiger partial charge in [-0.1, -0.05) is 337 Å². The van der Waals surface area contributed by atoms with Crippen LogP contribution in [0.1, 0.15) is 389 Å². The normalized spacial score (nSPS) is 14.1. The van der Waals surface area contributed by atoms with Crippen LogP contribution >= 0.6 is 15.6 Å². The molecule has 0 heterocycles. The fourth-order valence-electron chi connectivity index (χ4n) is 11.6. The Labute approximate surface area is 581 Å². The molecule has 0 radical (unpaired) electrons. The summed E-state index contributed by atoms with van der Waals surface area (Å²) in [5.41, 5.74) is 0. The van der Waals surface area contributed by atoms with Gasteiger partial charge >= 0.3 is 39.5 Å². The minimum Gasteiger partial charge on any atom is -0.462 e. The van der Waals surface area contributed by atoms with Gasteiger partial charge in [-0.05, 0) is 43.4 Å². The van der Waals surface area contributed by atoms with E-state index in [1.165, 1.54) is 199 Å². The Morgan fingerprint density at radius 3 is 0.716 bits per heavy atom. The third-order valence-corrected chi connectivity index (χ3v) is 19.5. The lowest BCUT2D eigenvalue weighted by molar-refractivity contribution is -0.161. The van der Waals surface area contributed by atoms with Gasteiger partial charge in [0, 0.05) is 25.7 Å². The van der Waals surface area contributed by atoms with E-state index >= 15 is 0 Å². The van der Waals surface area contributed by atoms with Gasteiger partial charge in [0.25, 0.3) is 0 Å². The number of carbonyl (C=O) groups excluding carboxylic acids is 4. The van der Waals surface area contributed by atoms with E-state index in [-0.39, 0.29) is 25.7 Å². The molecule has 0 rings (SSSR count). The van der Waals surface area contributed by atoms with E-state index in [9.17, 15) is 43.2 Å². The Morgan fingerprint density at radius 1 is 0.284 bits per heavy atom. The van der Waals surface area contributed by atoms with E-state index < -0.39 is 97.5 Å². The molecular weight excluding hydrogens is 1250 g/mol. The first-order valence-corrected chi connectivity index (χ1v) is 42.3. The van der Waals surface area contributed by atoms with E-state index in [2.05, 4.69) is 48.5 Å². The molecule has 0 aromatic carbocycles. The molecule has 5 atom stereocenters. The van der Waals surface area contributed by atoms with Gasteiger partial charge in [0.05, 0.1) is 26.4 Å². The van der Waals surface area contributed by atoms with Crippen molar-refractivity contribution in [1.82, 2.24) is 0 Å². The Hall–Kier alpha value is -1.94. The molecule has 0 spiro atoms. The second-order valence-electron chi connectivity index (χ2n) is 28.8. The maximum atomic E-state index is 13.1. The maximum Gasteiger partial charge on any atom is 0.472 e. The third-order valence-electron chi connectivity index (χ3n) is 17.6. The summed E-state index contributed by atoms with van der Waals surface area (Å²) in [6.45, 7) is 11.9. The number of aliphatic hydroxyl groups is 1. The van der Waals surface area contributed by atoms with Crippen molar-refractivity contribution >= 4 is 39.5 Å². The van der Waals surface area contributed by atoms with Crippen LogP contribution in [0.15, 0.2) is 0 Å². The molecule has 0 aromatic rings. The van der Waals surface area contributed by atoms with E-state index in [0.29, 0.717) is 25.7 Å². The van der Waals surface area contributed by atoms with Crippen LogP contribution in [0.5, 0.6) is 0 Å². The van der Waals surface area contributed by atoms with E-state index in [4.69, 9.17) is 37.0 Å². The summed E-state index contributed by atoms with van der Waals surface area (Å²) in [6, 6.07) is 0. The van der Waals surface area contributed by atoms with Crippen LogP contribution in [-0.4, -0.2) is 96.7 Å². The minimum atomic E-state index is -4.96. The molecule has 95 heavy (non-hydrogen) atoms. The van der Waals surface area contributed by atoms with Crippen molar-refractivity contribution < 1.29 is 80.2 Å². The number of unbranched alkanes of at least 4 members (excludes halogenated alkanes) is 42. The molecule has 19 heteroatoms. The van der Waals surface area contributed by atoms with E-state index in [1.807, 2.05) is 0 Å². The SMILES string of the molecule is CCCCCCCCCCCCCCCCCCCC(=O)O[C@H](COC(=O)CCCCCCCCCCCCCCC(C)C)COP(=O)(O)OC[C@@H](O)COP(=O)(O)OC[C@@H](COC(=O)CCCCCCCCCCC(C)C)OC(=O)CCCCCCCCCCCC(C)C. The molecule has 564 valence electrons. The maximum absolute atomic E-state index is 13.1. The van der Waals surface area contributed by atoms with Gasteiger partial charge in [-0.15, -0.1) is 0 Å². The lowest BCUT2D eigenvalue weighted by Crippen LogP contribution is -2.30. The van der Waals surface area contributed by atoms with Crippen molar-refractivity contribution in [2.24, 2.45) is 17.8 Å². The van der Waals surface area contributed by atoms with Crippen molar-refractivity contribution in [1.29, 1.82) is 0 Å². The first kappa shape index (κ1) is 93.1. The molecule has 0 aromatic heterocycles. The number of aliphatic hydroxyl groups excluding tert-OH is 1. The minimum absolute atomic E-state index is 0.105. The monoisotopic (exact) mass is 1400 g/mol. The summed E-state index contributed by atoms with van der Waals surface area (Å²) in [7, 11) is -9.91. The smallest absolute Gasteiger partial charge is 0.462 e. The van der Waals surface area contributed by atoms with Gasteiger partial charge in [-0.3, -0.25) is 37.3 Å². The molecule has 0 amide bonds. The molecule has 0 aliphatic heterocycles. The summed E-state index contributed by atoms with van der Waals surface area (Å²) in [6.07, 6.45) is 52.7. The molecule has 0 bridgehead atoms. The zero-order valence-electron chi connectivity index (χ0n) is 62.1. The van der Waals surface area contributed by atoms with Gasteiger partial charge in [0.1, 0.15) is 19.3 Å². The van der Waals surface area contributed by atoms with Gasteiger partial charge in [-0.2, -0.15) is 0 Å². The molecule has 17 nitrogen and oxygen atoms in total. The summed E-state index contributed by atoms with van der Waals surface area (Å²) in [4.78, 5) is 72.8. The van der Waals surface area contributed by atoms with Crippen LogP contribution in [0.25, 0.3) is 0 Å². The van der Waals surface area contributed by atoms with Gasteiger partial charge < -0.3 is 33.8 Å². The largest absolute Gasteiger partial charge is 0.472 e. The zero-order valence-corrected chi connectivity index (χ0v) is 63.9. The van der Waals surface area contributed by atoms with Crippen molar-refractivity contribution in [3.05, 3.63) is 0 Å². The predicted octanol–water partition coefficient (Wildman–Crippen LogP) is 22.2. The van der Waals surface area contributed by atoms with Crippen LogP contribution in [0, 0.1) is 17.8 Å². The van der Waals surface area contributed by atoms with Crippen LogP contribution < -0.4 is 0 Å². The predicted molar refractivity (Wildman–Crippen MR) is 386 cm³/mol. The highest BCUT2D eigenvalue weighted by Gasteiger charge is 2.30. The molecule has 0 saturated carbocycles. The lowest BCUT2D eigenvalue weighted by Gasteiger charge is -2.21. The van der Waals surface area contributed by atoms with Crippen LogP contribution in [-0.2, 0) is 65.4 Å². The van der Waals surface area contributed by atoms with Gasteiger partial charge in [-0.25, -0.2) is 9.13 Å². The topological polar surface area (TPSA) is 237 Å². The Balaban J connectivity index is 5.25. The first-order chi connectivity index (χ1) is 45.7. The van der Waals surface area contributed by atoms with Crippen molar-refractivity contribution in [2.75, 3.05) is 39.6 Å². The van der Waals surface area contributed by atoms with Crippen molar-refractivity contribution in [3.8, 4) is 0 Å². The summed E-state index contributed by atoms with van der Waals surface area (Å²) >= 11 is 0. The Morgan fingerprint density at radius 2 is 0.484 bits per heavy atom. The molecule has 0 saturated heterocycles. The number of carbonyl (C=O) groups is 4. The summed E-state index contributed by atoms with van der Waals surface area (Å²) in [5.74, 6) is 0.127. The zero-order chi connectivity index (χ0) is 70.1. The van der Waals surface area contributed by atoms with E-state index in [0.717, 1.165) is 108 Å². The third kappa shape index (κ3) is 70.3. The van der Waals surface area contributed by atoms with Crippen LogP contribution in [0.4, 0.5) is 0 Å². The molecule has 0 aliphatic carbocycles. The number of hydrogen-bond acceptors (Lipinski definition) is 15. The van der Waals surface area contributed by atoms with E-state index in [1.54, 1.807) is 0 Å². The van der Waals surface area contributed by atoms with Crippen molar-refractivity contribution in [3.63, 3.8) is 0 Å². The second kappa shape index (κ2) is 66.6. The number of esters is 4. The summed E-state index contributed by atoms with van der Waals surface area (Å²) in [5, 5.41) is 10.6. The number of phosphoric acid groups is 2. The average molecular weight is 1400 g/mol. The molecule has 0 aliphatic rings. The van der Waals surface area contributed by atoms with Crippen LogP contribution in [0.2, 0.25) is 0 Å². The summed E-state index contributed by atoms with van der Waals surface area (Å²) < 4.78 is 68.5. The standard InChI is InChI=1S/C76H148O17P2/c1-8-9-10-11-12-13-14-15-16-17-18-19-24-29-38-45-52-59-75(80)92-71(63-86-73(78)57-50-43-36-28-23-21-20-22-26-33-40-47-54-67(2)3)65-90-94(82,83)88-61-70(77)62-89-95(84,85)91-66-72(64-87-74(79)58-51-44-37-32-31-35-42-49-56-69(6)7)93-76(81)60-53-46-39-30-25-27-34-41-48-55-68(4)5/h67-72,77H,8-66H2,1-7H3,(H,82,83)(H,84,85)/t70-,71-,72-/m1/s1. The first-order valence-electron chi connectivity index (χ1n) is 39.3. The fourth-order valence-corrected chi connectivity index (χ4v) is 13.2. The Kier molecular flexibility index (Phi) is 65.2. The average Bonchev–Trinajstić information content (AvgIpc) is 1.73. The highest BCUT2D eigenvalue weighted by molar-refractivity contribution is 7.47. The lowest BCUT2D eigenvalue weighted by atomic mass is 10.0. The highest BCUT2D eigenvalue weighted by atomic mass is 31.2. The fraction of sp³-hybridized carbons (Fsp3) is 0.947. The highest BCUT2D eigenvalue weighted by Crippen LogP contribution is 2.45. The van der Waals surface area contributed by atoms with Crippen LogP contribution in [0.3, 0.4) is 0 Å². The quantitative estimate of drug-likeness (QED) is 0.0222. The number of phosphoric ester groups is 2. The molecule has 2 unspecified atom stereocenters. The Bertz CT molecular complexity index is 1850. The number of hydrogen-bond donors (Lipinski definition) is 3. The number of ether oxygens (including phenoxy) is 4. The molecule has 0 fully saturated rings. The number of rotatable bonds is 74.